The maximum atomic E-state index is 11.1. The molecule has 126 valence electrons. The average molecular weight is 372 g/mol. The minimum atomic E-state index is -0.899. The van der Waals surface area contributed by atoms with Gasteiger partial charge in [-0.2, -0.15) is 0 Å². The molecule has 0 radical (unpaired) electrons. The number of aromatic carboxylic acids is 1. The van der Waals surface area contributed by atoms with Crippen LogP contribution in [0.2, 0.25) is 5.02 Å². The van der Waals surface area contributed by atoms with E-state index in [0.29, 0.717) is 23.0 Å². The molecule has 1 aliphatic rings. The highest BCUT2D eigenvalue weighted by atomic mass is 35.5. The van der Waals surface area contributed by atoms with Crippen LogP contribution in [0.3, 0.4) is 0 Å². The lowest BCUT2D eigenvalue weighted by Crippen LogP contribution is -2.20. The van der Waals surface area contributed by atoms with Crippen LogP contribution in [-0.2, 0) is 13.1 Å². The van der Waals surface area contributed by atoms with Crippen LogP contribution in [0.15, 0.2) is 54.6 Å². The summed E-state index contributed by atoms with van der Waals surface area (Å²) in [5.41, 5.74) is 1.97. The van der Waals surface area contributed by atoms with Gasteiger partial charge in [-0.1, -0.05) is 29.8 Å². The Morgan fingerprint density at radius 1 is 1.16 bits per heavy atom. The van der Waals surface area contributed by atoms with Gasteiger partial charge in [0.2, 0.25) is 0 Å². The Morgan fingerprint density at radius 3 is 2.80 bits per heavy atom. The molecule has 2 heterocycles. The Morgan fingerprint density at radius 2 is 2.00 bits per heavy atom. The number of carbonyl (C=O) groups is 1. The van der Waals surface area contributed by atoms with Crippen LogP contribution in [0.4, 0.5) is 5.69 Å². The van der Waals surface area contributed by atoms with Crippen LogP contribution in [0.1, 0.15) is 20.1 Å². The van der Waals surface area contributed by atoms with Crippen LogP contribution in [0.25, 0.3) is 0 Å². The average Bonchev–Trinajstić information content (AvgIpc) is 3.00. The summed E-state index contributed by atoms with van der Waals surface area (Å²) >= 11 is 7.48. The minimum Gasteiger partial charge on any atom is -0.477 e. The van der Waals surface area contributed by atoms with Gasteiger partial charge in [-0.15, -0.1) is 11.3 Å². The number of ether oxygens (including phenoxy) is 1. The van der Waals surface area contributed by atoms with Crippen molar-refractivity contribution in [1.29, 1.82) is 0 Å². The molecule has 0 saturated heterocycles. The number of fused-ring (bicyclic) bond motifs is 2. The van der Waals surface area contributed by atoms with Crippen molar-refractivity contribution >= 4 is 34.6 Å². The van der Waals surface area contributed by atoms with Crippen LogP contribution in [-0.4, -0.2) is 11.1 Å². The summed E-state index contributed by atoms with van der Waals surface area (Å²) in [6.07, 6.45) is 0. The number of nitrogens with zero attached hydrogens (tertiary/aromatic N) is 1. The monoisotopic (exact) mass is 371 g/mol. The van der Waals surface area contributed by atoms with E-state index in [0.717, 1.165) is 27.6 Å². The highest BCUT2D eigenvalue weighted by molar-refractivity contribution is 7.13. The van der Waals surface area contributed by atoms with Crippen LogP contribution >= 0.6 is 22.9 Å². The second kappa shape index (κ2) is 6.43. The number of thiophene rings is 1. The minimum absolute atomic E-state index is 0.341. The number of hydrogen-bond acceptors (Lipinski definition) is 4. The summed E-state index contributed by atoms with van der Waals surface area (Å²) in [5, 5.41) is 9.77. The second-order valence-corrected chi connectivity index (χ2v) is 7.35. The smallest absolute Gasteiger partial charge is 0.345 e. The van der Waals surface area contributed by atoms with Crippen molar-refractivity contribution in [2.75, 3.05) is 4.90 Å². The normalized spacial score (nSPS) is 12.8. The summed E-state index contributed by atoms with van der Waals surface area (Å²) in [6.45, 7) is 1.24. The molecule has 0 amide bonds. The largest absolute Gasteiger partial charge is 0.477 e. The topological polar surface area (TPSA) is 49.8 Å². The third-order valence-electron chi connectivity index (χ3n) is 4.03. The first-order valence-electron chi connectivity index (χ1n) is 7.72. The van der Waals surface area contributed by atoms with E-state index in [1.54, 1.807) is 12.1 Å². The van der Waals surface area contributed by atoms with Crippen molar-refractivity contribution in [2.45, 2.75) is 13.1 Å². The number of carboxylic acid groups (broad SMARTS) is 1. The fourth-order valence-electron chi connectivity index (χ4n) is 2.87. The Balaban J connectivity index is 1.74. The van der Waals surface area contributed by atoms with Gasteiger partial charge in [0, 0.05) is 22.0 Å². The van der Waals surface area contributed by atoms with E-state index in [4.69, 9.17) is 21.4 Å². The van der Waals surface area contributed by atoms with E-state index in [-0.39, 0.29) is 0 Å². The number of carboxylic acids is 1. The summed E-state index contributed by atoms with van der Waals surface area (Å²) in [4.78, 5) is 14.6. The molecule has 1 N–H and O–H groups in total. The number of halogens is 1. The summed E-state index contributed by atoms with van der Waals surface area (Å²) < 4.78 is 6.08. The predicted molar refractivity (Wildman–Crippen MR) is 99.1 cm³/mol. The molecule has 0 spiro atoms. The molecule has 25 heavy (non-hydrogen) atoms. The molecule has 0 fully saturated rings. The maximum absolute atomic E-state index is 11.1. The molecular formula is C19H14ClNO3S. The van der Waals surface area contributed by atoms with E-state index in [2.05, 4.69) is 4.90 Å². The van der Waals surface area contributed by atoms with Crippen molar-refractivity contribution in [3.05, 3.63) is 74.9 Å². The van der Waals surface area contributed by atoms with Gasteiger partial charge in [-0.25, -0.2) is 4.79 Å². The number of benzene rings is 2. The second-order valence-electron chi connectivity index (χ2n) is 5.75. The molecule has 1 aliphatic heterocycles. The molecule has 1 aromatic heterocycles. The quantitative estimate of drug-likeness (QED) is 0.668. The number of para-hydroxylation sites is 1. The molecule has 4 rings (SSSR count). The first-order chi connectivity index (χ1) is 12.1. The van der Waals surface area contributed by atoms with Gasteiger partial charge in [0.05, 0.1) is 12.2 Å². The van der Waals surface area contributed by atoms with Gasteiger partial charge in [-0.3, -0.25) is 0 Å². The molecule has 4 nitrogen and oxygen atoms in total. The molecule has 0 atom stereocenters. The predicted octanol–water partition coefficient (Wildman–Crippen LogP) is 5.41. The van der Waals surface area contributed by atoms with Crippen molar-refractivity contribution < 1.29 is 14.6 Å². The van der Waals surface area contributed by atoms with Crippen LogP contribution < -0.4 is 9.64 Å². The SMILES string of the molecule is O=C(O)c1ccc(CN2Cc3ccccc3Oc3ccc(Cl)cc32)s1. The zero-order valence-corrected chi connectivity index (χ0v) is 14.7. The van der Waals surface area contributed by atoms with Gasteiger partial charge in [0.25, 0.3) is 0 Å². The highest BCUT2D eigenvalue weighted by Crippen LogP contribution is 2.41. The lowest BCUT2D eigenvalue weighted by Gasteiger charge is -2.23. The van der Waals surface area contributed by atoms with E-state index >= 15 is 0 Å². The molecule has 0 unspecified atom stereocenters. The molecule has 0 aliphatic carbocycles. The Bertz CT molecular complexity index is 953. The lowest BCUT2D eigenvalue weighted by atomic mass is 10.2. The zero-order chi connectivity index (χ0) is 17.4. The summed E-state index contributed by atoms with van der Waals surface area (Å²) in [6, 6.07) is 17.0. The van der Waals surface area contributed by atoms with E-state index < -0.39 is 5.97 Å². The summed E-state index contributed by atoms with van der Waals surface area (Å²) in [5.74, 6) is 0.666. The van der Waals surface area contributed by atoms with Crippen LogP contribution in [0, 0.1) is 0 Å². The van der Waals surface area contributed by atoms with Gasteiger partial charge in [0.1, 0.15) is 10.6 Å². The maximum Gasteiger partial charge on any atom is 0.345 e. The van der Waals surface area contributed by atoms with Gasteiger partial charge in [-0.05, 0) is 36.4 Å². The zero-order valence-electron chi connectivity index (χ0n) is 13.1. The summed E-state index contributed by atoms with van der Waals surface area (Å²) in [7, 11) is 0. The lowest BCUT2D eigenvalue weighted by molar-refractivity contribution is 0.0702. The van der Waals surface area contributed by atoms with Crippen molar-refractivity contribution in [3.8, 4) is 11.5 Å². The molecule has 6 heteroatoms. The van der Waals surface area contributed by atoms with Gasteiger partial charge >= 0.3 is 5.97 Å². The van der Waals surface area contributed by atoms with E-state index in [1.807, 2.05) is 42.5 Å². The first-order valence-corrected chi connectivity index (χ1v) is 8.92. The third kappa shape index (κ3) is 3.21. The Kier molecular flexibility index (Phi) is 4.11. The van der Waals surface area contributed by atoms with Crippen molar-refractivity contribution in [2.24, 2.45) is 0 Å². The molecular weight excluding hydrogens is 358 g/mol. The van der Waals surface area contributed by atoms with Crippen molar-refractivity contribution in [3.63, 3.8) is 0 Å². The first kappa shape index (κ1) is 16.0. The molecule has 0 bridgehead atoms. The molecule has 3 aromatic rings. The number of rotatable bonds is 3. The Hall–Kier alpha value is -2.50. The van der Waals surface area contributed by atoms with E-state index in [1.165, 1.54) is 11.3 Å². The highest BCUT2D eigenvalue weighted by Gasteiger charge is 2.22. The van der Waals surface area contributed by atoms with Gasteiger partial charge in [0.15, 0.2) is 5.75 Å². The number of hydrogen-bond donors (Lipinski definition) is 1. The Labute approximate surface area is 153 Å². The standard InChI is InChI=1S/C19H14ClNO3S/c20-13-5-7-17-15(9-13)21(10-12-3-1-2-4-16(12)24-17)11-14-6-8-18(25-14)19(22)23/h1-9H,10-11H2,(H,22,23). The third-order valence-corrected chi connectivity index (χ3v) is 5.33. The van der Waals surface area contributed by atoms with Crippen LogP contribution in [0.5, 0.6) is 11.5 Å². The molecule has 0 saturated carbocycles. The fourth-order valence-corrected chi connectivity index (χ4v) is 3.90. The fraction of sp³-hybridized carbons (Fsp3) is 0.105. The molecule has 2 aromatic carbocycles. The van der Waals surface area contributed by atoms with E-state index in [9.17, 15) is 4.79 Å². The van der Waals surface area contributed by atoms with Gasteiger partial charge < -0.3 is 14.7 Å². The van der Waals surface area contributed by atoms with Crippen molar-refractivity contribution in [1.82, 2.24) is 0 Å². The number of anilines is 1.